The Labute approximate surface area is 97.9 Å². The maximum Gasteiger partial charge on any atom is 0.0718 e. The van der Waals surface area contributed by atoms with Gasteiger partial charge in [-0.15, -0.1) is 0 Å². The molecule has 0 saturated carbocycles. The molecule has 0 amide bonds. The van der Waals surface area contributed by atoms with Crippen LogP contribution in [0.3, 0.4) is 0 Å². The highest BCUT2D eigenvalue weighted by molar-refractivity contribution is 5.15. The lowest BCUT2D eigenvalue weighted by molar-refractivity contribution is -0.0402. The van der Waals surface area contributed by atoms with Gasteiger partial charge in [-0.25, -0.2) is 0 Å². The first kappa shape index (κ1) is 11.6. The van der Waals surface area contributed by atoms with E-state index in [0.29, 0.717) is 12.0 Å². The molecule has 1 heterocycles. The summed E-state index contributed by atoms with van der Waals surface area (Å²) >= 11 is 0. The van der Waals surface area contributed by atoms with E-state index >= 15 is 0 Å². The highest BCUT2D eigenvalue weighted by Crippen LogP contribution is 2.26. The molecular formula is C14H21NO. The van der Waals surface area contributed by atoms with E-state index in [1.807, 2.05) is 6.07 Å². The molecule has 1 fully saturated rings. The average molecular weight is 219 g/mol. The molecule has 88 valence electrons. The molecule has 2 nitrogen and oxygen atoms in total. The Balaban J connectivity index is 1.92. The zero-order chi connectivity index (χ0) is 11.5. The van der Waals surface area contributed by atoms with E-state index in [-0.39, 0.29) is 6.10 Å². The Morgan fingerprint density at radius 3 is 2.50 bits per heavy atom. The van der Waals surface area contributed by atoms with Crippen LogP contribution in [-0.2, 0) is 6.54 Å². The summed E-state index contributed by atoms with van der Waals surface area (Å²) in [5.41, 5.74) is 1.34. The third kappa shape index (κ3) is 2.45. The Bertz CT molecular complexity index is 323. The van der Waals surface area contributed by atoms with E-state index in [1.165, 1.54) is 5.56 Å². The van der Waals surface area contributed by atoms with Gasteiger partial charge >= 0.3 is 0 Å². The summed E-state index contributed by atoms with van der Waals surface area (Å²) in [6.07, 6.45) is 0.948. The molecule has 1 N–H and O–H groups in total. The molecule has 0 aromatic heterocycles. The first-order valence-corrected chi connectivity index (χ1v) is 6.14. The van der Waals surface area contributed by atoms with E-state index in [0.717, 1.165) is 19.5 Å². The third-order valence-electron chi connectivity index (χ3n) is 3.49. The van der Waals surface area contributed by atoms with Crippen molar-refractivity contribution in [1.82, 2.24) is 4.90 Å². The Morgan fingerprint density at radius 2 is 2.00 bits per heavy atom. The number of nitrogens with zero attached hydrogens (tertiary/aromatic N) is 1. The Kier molecular flexibility index (Phi) is 3.62. The van der Waals surface area contributed by atoms with E-state index in [1.54, 1.807) is 0 Å². The fourth-order valence-corrected chi connectivity index (χ4v) is 2.31. The second kappa shape index (κ2) is 4.98. The molecule has 2 rings (SSSR count). The molecular weight excluding hydrogens is 198 g/mol. The van der Waals surface area contributed by atoms with Crippen LogP contribution in [0.15, 0.2) is 30.3 Å². The number of aliphatic hydroxyl groups excluding tert-OH is 1. The van der Waals surface area contributed by atoms with Gasteiger partial charge in [-0.1, -0.05) is 44.2 Å². The second-order valence-electron chi connectivity index (χ2n) is 5.05. The van der Waals surface area contributed by atoms with Crippen LogP contribution in [0.1, 0.15) is 25.8 Å². The molecule has 1 aliphatic rings. The van der Waals surface area contributed by atoms with Crippen molar-refractivity contribution >= 4 is 0 Å². The smallest absolute Gasteiger partial charge is 0.0718 e. The maximum absolute atomic E-state index is 10.1. The Hall–Kier alpha value is -0.860. The van der Waals surface area contributed by atoms with Crippen molar-refractivity contribution in [2.75, 3.05) is 6.54 Å². The van der Waals surface area contributed by atoms with Crippen LogP contribution in [0.5, 0.6) is 0 Å². The van der Waals surface area contributed by atoms with Gasteiger partial charge in [-0.05, 0) is 17.9 Å². The molecule has 1 aromatic rings. The summed E-state index contributed by atoms with van der Waals surface area (Å²) < 4.78 is 0. The van der Waals surface area contributed by atoms with Crippen molar-refractivity contribution < 1.29 is 5.11 Å². The van der Waals surface area contributed by atoms with E-state index in [4.69, 9.17) is 0 Å². The zero-order valence-electron chi connectivity index (χ0n) is 10.1. The van der Waals surface area contributed by atoms with Gasteiger partial charge in [0.05, 0.1) is 6.10 Å². The lowest BCUT2D eigenvalue weighted by atomic mass is 9.90. The summed E-state index contributed by atoms with van der Waals surface area (Å²) in [6, 6.07) is 10.8. The summed E-state index contributed by atoms with van der Waals surface area (Å²) in [7, 11) is 0. The predicted octanol–water partition coefficient (Wildman–Crippen LogP) is 2.28. The zero-order valence-corrected chi connectivity index (χ0v) is 10.1. The normalized spacial score (nSPS) is 23.1. The van der Waals surface area contributed by atoms with Crippen LogP contribution < -0.4 is 0 Å². The molecule has 1 aliphatic heterocycles. The molecule has 0 radical (unpaired) electrons. The van der Waals surface area contributed by atoms with Crippen molar-refractivity contribution in [2.24, 2.45) is 5.92 Å². The number of likely N-dealkylation sites (tertiary alicyclic amines) is 1. The van der Waals surface area contributed by atoms with Gasteiger partial charge in [0.25, 0.3) is 0 Å². The van der Waals surface area contributed by atoms with Crippen LogP contribution in [0.25, 0.3) is 0 Å². The number of hydrogen-bond donors (Lipinski definition) is 1. The minimum atomic E-state index is -0.183. The lowest BCUT2D eigenvalue weighted by Gasteiger charge is -2.45. The minimum Gasteiger partial charge on any atom is -0.391 e. The number of rotatable bonds is 4. The highest BCUT2D eigenvalue weighted by Gasteiger charge is 2.34. The highest BCUT2D eigenvalue weighted by atomic mass is 16.3. The van der Waals surface area contributed by atoms with Crippen molar-refractivity contribution in [3.05, 3.63) is 35.9 Å². The van der Waals surface area contributed by atoms with Crippen molar-refractivity contribution in [3.8, 4) is 0 Å². The number of hydrogen-bond acceptors (Lipinski definition) is 2. The number of benzene rings is 1. The quantitative estimate of drug-likeness (QED) is 0.839. The van der Waals surface area contributed by atoms with Crippen LogP contribution in [0.4, 0.5) is 0 Å². The fourth-order valence-electron chi connectivity index (χ4n) is 2.31. The predicted molar refractivity (Wildman–Crippen MR) is 66.1 cm³/mol. The van der Waals surface area contributed by atoms with Gasteiger partial charge in [0, 0.05) is 19.1 Å². The summed E-state index contributed by atoms with van der Waals surface area (Å²) in [4.78, 5) is 2.38. The van der Waals surface area contributed by atoms with Gasteiger partial charge in [0.1, 0.15) is 0 Å². The summed E-state index contributed by atoms with van der Waals surface area (Å²) in [5, 5.41) is 10.1. The fraction of sp³-hybridized carbons (Fsp3) is 0.571. The van der Waals surface area contributed by atoms with Crippen molar-refractivity contribution in [3.63, 3.8) is 0 Å². The average Bonchev–Trinajstić information content (AvgIpc) is 2.26. The minimum absolute atomic E-state index is 0.183. The second-order valence-corrected chi connectivity index (χ2v) is 5.05. The third-order valence-corrected chi connectivity index (χ3v) is 3.49. The molecule has 2 heteroatoms. The topological polar surface area (TPSA) is 23.5 Å². The molecule has 2 unspecified atom stereocenters. The molecule has 1 aromatic carbocycles. The van der Waals surface area contributed by atoms with E-state index in [9.17, 15) is 5.11 Å². The molecule has 0 aliphatic carbocycles. The molecule has 2 atom stereocenters. The first-order valence-electron chi connectivity index (χ1n) is 6.14. The molecule has 0 bridgehead atoms. The van der Waals surface area contributed by atoms with Crippen LogP contribution in [0.2, 0.25) is 0 Å². The van der Waals surface area contributed by atoms with Gasteiger partial charge < -0.3 is 5.11 Å². The van der Waals surface area contributed by atoms with E-state index in [2.05, 4.69) is 43.0 Å². The summed E-state index contributed by atoms with van der Waals surface area (Å²) in [6.45, 7) is 6.26. The van der Waals surface area contributed by atoms with Gasteiger partial charge in [-0.3, -0.25) is 4.90 Å². The molecule has 0 spiro atoms. The van der Waals surface area contributed by atoms with Crippen LogP contribution in [-0.4, -0.2) is 28.7 Å². The number of aliphatic hydroxyl groups is 1. The maximum atomic E-state index is 10.1. The Morgan fingerprint density at radius 1 is 1.31 bits per heavy atom. The van der Waals surface area contributed by atoms with Crippen LogP contribution in [0, 0.1) is 5.92 Å². The molecule has 16 heavy (non-hydrogen) atoms. The monoisotopic (exact) mass is 219 g/mol. The SMILES string of the molecule is CC(C)C(O)C1CCN1Cc1ccccc1. The van der Waals surface area contributed by atoms with Crippen molar-refractivity contribution in [2.45, 2.75) is 39.0 Å². The summed E-state index contributed by atoms with van der Waals surface area (Å²) in [5.74, 6) is 0.351. The lowest BCUT2D eigenvalue weighted by Crippen LogP contribution is -2.54. The van der Waals surface area contributed by atoms with Gasteiger partial charge in [-0.2, -0.15) is 0 Å². The first-order chi connectivity index (χ1) is 7.68. The molecule has 1 saturated heterocycles. The largest absolute Gasteiger partial charge is 0.391 e. The van der Waals surface area contributed by atoms with Gasteiger partial charge in [0.15, 0.2) is 0 Å². The van der Waals surface area contributed by atoms with Gasteiger partial charge in [0.2, 0.25) is 0 Å². The van der Waals surface area contributed by atoms with Crippen molar-refractivity contribution in [1.29, 1.82) is 0 Å². The van der Waals surface area contributed by atoms with Crippen LogP contribution >= 0.6 is 0 Å². The van der Waals surface area contributed by atoms with E-state index < -0.39 is 0 Å². The standard InChI is InChI=1S/C14H21NO/c1-11(2)14(16)13-8-9-15(13)10-12-6-4-3-5-7-12/h3-7,11,13-14,16H,8-10H2,1-2H3.